The average molecular weight is 735 g/mol. The van der Waals surface area contributed by atoms with E-state index >= 15 is 0 Å². The maximum atomic E-state index is 13.2. The van der Waals surface area contributed by atoms with Gasteiger partial charge in [0, 0.05) is 41.3 Å². The maximum absolute atomic E-state index is 13.2. The van der Waals surface area contributed by atoms with E-state index in [1.54, 1.807) is 43.3 Å². The summed E-state index contributed by atoms with van der Waals surface area (Å²) in [6.45, 7) is 10.0. The number of ketones is 1. The predicted octanol–water partition coefficient (Wildman–Crippen LogP) is 8.02. The lowest BCUT2D eigenvalue weighted by Gasteiger charge is -2.34. The summed E-state index contributed by atoms with van der Waals surface area (Å²) in [6.07, 6.45) is 8.22. The minimum absolute atomic E-state index is 0.0856. The summed E-state index contributed by atoms with van der Waals surface area (Å²) in [5, 5.41) is 0. The van der Waals surface area contributed by atoms with Crippen LogP contribution in [0.25, 0.3) is 0 Å². The molecule has 0 aliphatic heterocycles. The fourth-order valence-electron chi connectivity index (χ4n) is 6.40. The van der Waals surface area contributed by atoms with Crippen molar-refractivity contribution in [3.8, 4) is 0 Å². The monoisotopic (exact) mass is 733 g/mol. The Labute approximate surface area is 300 Å². The predicted molar refractivity (Wildman–Crippen MR) is 199 cm³/mol. The highest BCUT2D eigenvalue weighted by atomic mass is 79.9. The van der Waals surface area contributed by atoms with Crippen molar-refractivity contribution >= 4 is 39.3 Å². The molecule has 1 saturated carbocycles. The second kappa shape index (κ2) is 19.6. The molecule has 1 atom stereocenters. The van der Waals surface area contributed by atoms with Gasteiger partial charge >= 0.3 is 11.9 Å². The number of esters is 2. The molecule has 1 fully saturated rings. The first-order valence-corrected chi connectivity index (χ1v) is 18.6. The van der Waals surface area contributed by atoms with Gasteiger partial charge < -0.3 is 15.2 Å². The van der Waals surface area contributed by atoms with E-state index in [9.17, 15) is 14.4 Å². The highest BCUT2D eigenvalue weighted by Crippen LogP contribution is 2.30. The van der Waals surface area contributed by atoms with Crippen molar-refractivity contribution in [3.63, 3.8) is 0 Å². The summed E-state index contributed by atoms with van der Waals surface area (Å²) in [4.78, 5) is 43.7. The lowest BCUT2D eigenvalue weighted by Crippen LogP contribution is -2.36. The third kappa shape index (κ3) is 11.2. The van der Waals surface area contributed by atoms with Crippen LogP contribution >= 0.6 is 15.9 Å². The molecule has 8 nitrogen and oxygen atoms in total. The Kier molecular flexibility index (Phi) is 15.3. The number of carbonyl (C=O) groups is 3. The van der Waals surface area contributed by atoms with E-state index in [-0.39, 0.29) is 30.9 Å². The molecule has 3 aromatic carbocycles. The second-order valence-corrected chi connectivity index (χ2v) is 13.8. The maximum Gasteiger partial charge on any atom is 0.338 e. The van der Waals surface area contributed by atoms with Crippen molar-refractivity contribution in [2.75, 3.05) is 45.1 Å². The molecule has 0 heterocycles. The van der Waals surface area contributed by atoms with Gasteiger partial charge in [0.05, 0.1) is 17.2 Å². The first-order valence-electron chi connectivity index (χ1n) is 17.8. The third-order valence-corrected chi connectivity index (χ3v) is 10.1. The van der Waals surface area contributed by atoms with Crippen LogP contribution in [0.4, 0.5) is 5.69 Å². The zero-order chi connectivity index (χ0) is 35.2. The molecule has 0 spiro atoms. The van der Waals surface area contributed by atoms with Crippen LogP contribution in [0.1, 0.15) is 109 Å². The number of anilines is 1. The molecule has 0 radical (unpaired) electrons. The van der Waals surface area contributed by atoms with Crippen LogP contribution in [-0.2, 0) is 20.8 Å². The van der Waals surface area contributed by atoms with E-state index < -0.39 is 5.92 Å². The SMILES string of the molecule is CCCCN(CCOC(=O)c1cc(Br)c(N)c(CN(CC)C2CCCCC2)c1)CCOC(=O)C(C)c1cccc(C(=O)c2ccccc2)c1. The van der Waals surface area contributed by atoms with Gasteiger partial charge in [-0.05, 0) is 84.5 Å². The van der Waals surface area contributed by atoms with Gasteiger partial charge in [-0.2, -0.15) is 0 Å². The molecule has 0 amide bonds. The Morgan fingerprint density at radius 1 is 0.857 bits per heavy atom. The standard InChI is InChI=1S/C40H52BrN3O5/c1-4-6-20-43(21-23-48-39(46)29(3)31-16-13-17-32(25-31)38(45)30-14-9-7-10-15-30)22-24-49-40(47)33-26-34(37(42)36(41)27-33)28-44(5-2)35-18-11-8-12-19-35/h7,9-10,13-17,25-27,29,35H,4-6,8,11-12,18-24,28,42H2,1-3H3. The number of unbranched alkanes of at least 4 members (excludes halogenated alkanes) is 1. The van der Waals surface area contributed by atoms with Crippen LogP contribution in [0.5, 0.6) is 0 Å². The lowest BCUT2D eigenvalue weighted by molar-refractivity contribution is -0.145. The van der Waals surface area contributed by atoms with Crippen LogP contribution in [0.3, 0.4) is 0 Å². The molecule has 4 rings (SSSR count). The van der Waals surface area contributed by atoms with Gasteiger partial charge in [0.1, 0.15) is 13.2 Å². The summed E-state index contributed by atoms with van der Waals surface area (Å²) in [5.41, 5.74) is 10.4. The topological polar surface area (TPSA) is 102 Å². The Bertz CT molecular complexity index is 1530. The number of hydrogen-bond acceptors (Lipinski definition) is 8. The molecule has 1 aliphatic carbocycles. The fraction of sp³-hybridized carbons (Fsp3) is 0.475. The van der Waals surface area contributed by atoms with Crippen LogP contribution < -0.4 is 5.73 Å². The molecule has 9 heteroatoms. The van der Waals surface area contributed by atoms with Crippen molar-refractivity contribution in [1.82, 2.24) is 9.80 Å². The summed E-state index contributed by atoms with van der Waals surface area (Å²) in [5.74, 6) is -1.34. The van der Waals surface area contributed by atoms with Crippen LogP contribution in [0, 0.1) is 0 Å². The minimum Gasteiger partial charge on any atom is -0.464 e. The van der Waals surface area contributed by atoms with Crippen LogP contribution in [-0.4, -0.2) is 73.0 Å². The number of benzene rings is 3. The van der Waals surface area contributed by atoms with E-state index in [2.05, 4.69) is 39.6 Å². The molecule has 0 bridgehead atoms. The number of hydrogen-bond donors (Lipinski definition) is 1. The third-order valence-electron chi connectivity index (χ3n) is 9.48. The summed E-state index contributed by atoms with van der Waals surface area (Å²) < 4.78 is 12.1. The average Bonchev–Trinajstić information content (AvgIpc) is 3.14. The molecule has 0 aromatic heterocycles. The Morgan fingerprint density at radius 3 is 2.24 bits per heavy atom. The van der Waals surface area contributed by atoms with E-state index in [0.717, 1.165) is 37.1 Å². The van der Waals surface area contributed by atoms with Crippen LogP contribution in [0.2, 0.25) is 0 Å². The molecule has 49 heavy (non-hydrogen) atoms. The highest BCUT2D eigenvalue weighted by molar-refractivity contribution is 9.10. The van der Waals surface area contributed by atoms with Crippen molar-refractivity contribution < 1.29 is 23.9 Å². The van der Waals surface area contributed by atoms with Gasteiger partial charge in [0.2, 0.25) is 0 Å². The summed E-state index contributed by atoms with van der Waals surface area (Å²) in [6, 6.07) is 20.4. The number of nitrogen functional groups attached to an aromatic ring is 1. The Balaban J connectivity index is 1.28. The smallest absolute Gasteiger partial charge is 0.338 e. The number of nitrogens with zero attached hydrogens (tertiary/aromatic N) is 2. The summed E-state index contributed by atoms with van der Waals surface area (Å²) in [7, 11) is 0. The molecule has 1 aliphatic rings. The Morgan fingerprint density at radius 2 is 1.55 bits per heavy atom. The molecular weight excluding hydrogens is 682 g/mol. The summed E-state index contributed by atoms with van der Waals surface area (Å²) >= 11 is 3.56. The number of halogens is 1. The zero-order valence-corrected chi connectivity index (χ0v) is 30.9. The molecule has 2 N–H and O–H groups in total. The van der Waals surface area contributed by atoms with E-state index in [1.165, 1.54) is 32.1 Å². The van der Waals surface area contributed by atoms with E-state index in [4.69, 9.17) is 15.2 Å². The number of carbonyl (C=O) groups excluding carboxylic acids is 3. The largest absolute Gasteiger partial charge is 0.464 e. The second-order valence-electron chi connectivity index (χ2n) is 12.9. The normalized spacial score (nSPS) is 14.2. The van der Waals surface area contributed by atoms with Gasteiger partial charge in [0.25, 0.3) is 0 Å². The quantitative estimate of drug-likeness (QED) is 0.0797. The van der Waals surface area contributed by atoms with Crippen molar-refractivity contribution in [2.24, 2.45) is 0 Å². The number of nitrogens with two attached hydrogens (primary N) is 1. The van der Waals surface area contributed by atoms with Gasteiger partial charge in [-0.3, -0.25) is 19.4 Å². The molecule has 3 aromatic rings. The lowest BCUT2D eigenvalue weighted by atomic mass is 9.93. The first kappa shape index (κ1) is 38.3. The van der Waals surface area contributed by atoms with E-state index in [1.807, 2.05) is 30.3 Å². The number of rotatable bonds is 18. The molecule has 264 valence electrons. The van der Waals surface area contributed by atoms with Gasteiger partial charge in [-0.15, -0.1) is 0 Å². The van der Waals surface area contributed by atoms with Gasteiger partial charge in [0.15, 0.2) is 5.78 Å². The minimum atomic E-state index is -0.523. The van der Waals surface area contributed by atoms with Gasteiger partial charge in [-0.1, -0.05) is 88.1 Å². The van der Waals surface area contributed by atoms with Crippen molar-refractivity contribution in [2.45, 2.75) is 84.2 Å². The van der Waals surface area contributed by atoms with Crippen molar-refractivity contribution in [1.29, 1.82) is 0 Å². The Hall–Kier alpha value is -3.53. The van der Waals surface area contributed by atoms with Gasteiger partial charge in [-0.25, -0.2) is 4.79 Å². The van der Waals surface area contributed by atoms with Crippen molar-refractivity contribution in [3.05, 3.63) is 99.0 Å². The zero-order valence-electron chi connectivity index (χ0n) is 29.3. The van der Waals surface area contributed by atoms with Crippen LogP contribution in [0.15, 0.2) is 71.2 Å². The highest BCUT2D eigenvalue weighted by Gasteiger charge is 2.23. The first-order chi connectivity index (χ1) is 23.7. The molecule has 1 unspecified atom stereocenters. The molecule has 0 saturated heterocycles. The molecular formula is C40H52BrN3O5. The fourth-order valence-corrected chi connectivity index (χ4v) is 6.90. The number of ether oxygens (including phenoxy) is 2. The van der Waals surface area contributed by atoms with E-state index in [0.29, 0.717) is 52.5 Å².